The second-order valence-electron chi connectivity index (χ2n) is 28.7. The monoisotopic (exact) mass is 1220 g/mol. The van der Waals surface area contributed by atoms with Crippen LogP contribution in [0.5, 0.6) is 34.5 Å². The Labute approximate surface area is 556 Å². The van der Waals surface area contributed by atoms with E-state index in [1.165, 1.54) is 44.4 Å². The minimum Gasteiger partial charge on any atom is -0.458 e. The first-order valence-corrected chi connectivity index (χ1v) is 33.4. The predicted molar refractivity (Wildman–Crippen MR) is 390 cm³/mol. The molecule has 13 aromatic carbocycles. The fraction of sp³-hybridized carbons (Fsp3) is 0.124. The number of hydrogen-bond donors (Lipinski definition) is 0. The average molecular weight is 1220 g/mol. The van der Waals surface area contributed by atoms with Crippen molar-refractivity contribution in [1.29, 1.82) is 0 Å². The maximum atomic E-state index is 7.78. The summed E-state index contributed by atoms with van der Waals surface area (Å²) in [6, 6.07) is 104. The van der Waals surface area contributed by atoms with Gasteiger partial charge in [-0.3, -0.25) is 0 Å². The fourth-order valence-corrected chi connectivity index (χ4v) is 17.2. The molecule has 0 bridgehead atoms. The minimum absolute atomic E-state index is 0.198. The molecular formula is C89H67BN2O3. The lowest BCUT2D eigenvalue weighted by Gasteiger charge is -2.45. The number of benzene rings is 13. The van der Waals surface area contributed by atoms with Gasteiger partial charge in [0, 0.05) is 73.4 Å². The van der Waals surface area contributed by atoms with Gasteiger partial charge in [0.1, 0.15) is 34.5 Å². The quantitative estimate of drug-likeness (QED) is 0.160. The average Bonchev–Trinajstić information content (AvgIpc) is 1.63. The Hall–Kier alpha value is -11.1. The van der Waals surface area contributed by atoms with Crippen LogP contribution in [0.4, 0.5) is 34.1 Å². The molecule has 95 heavy (non-hydrogen) atoms. The van der Waals surface area contributed by atoms with E-state index in [2.05, 4.69) is 337 Å². The van der Waals surface area contributed by atoms with Crippen LogP contribution >= 0.6 is 0 Å². The molecule has 454 valence electrons. The molecular weight excluding hydrogens is 1160 g/mol. The molecule has 1 spiro atoms. The van der Waals surface area contributed by atoms with Gasteiger partial charge in [-0.15, -0.1) is 0 Å². The maximum Gasteiger partial charge on any atom is 0.256 e. The van der Waals surface area contributed by atoms with Crippen LogP contribution in [0.25, 0.3) is 44.5 Å². The number of ether oxygens (including phenoxy) is 3. The van der Waals surface area contributed by atoms with Crippen LogP contribution in [0.2, 0.25) is 0 Å². The van der Waals surface area contributed by atoms with E-state index in [1.807, 2.05) is 0 Å². The van der Waals surface area contributed by atoms with Crippen LogP contribution < -0.4 is 40.4 Å². The van der Waals surface area contributed by atoms with Crippen LogP contribution in [0.1, 0.15) is 98.5 Å². The molecule has 0 radical (unpaired) electrons. The Morgan fingerprint density at radius 2 is 0.800 bits per heavy atom. The number of hydrogen-bond acceptors (Lipinski definition) is 5. The molecule has 5 nitrogen and oxygen atoms in total. The van der Waals surface area contributed by atoms with E-state index in [0.29, 0.717) is 0 Å². The van der Waals surface area contributed by atoms with Crippen molar-refractivity contribution >= 4 is 57.2 Å². The first-order chi connectivity index (χ1) is 46.2. The third-order valence-electron chi connectivity index (χ3n) is 21.7. The molecule has 5 heterocycles. The molecule has 0 aromatic heterocycles. The second kappa shape index (κ2) is 20.0. The summed E-state index contributed by atoms with van der Waals surface area (Å²) >= 11 is 0. The summed E-state index contributed by atoms with van der Waals surface area (Å²) in [5.74, 6) is 4.97. The van der Waals surface area contributed by atoms with Crippen molar-refractivity contribution in [2.24, 2.45) is 0 Å². The molecule has 6 aliphatic rings. The number of para-hydroxylation sites is 4. The summed E-state index contributed by atoms with van der Waals surface area (Å²) in [7, 11) is 0. The SMILES string of the molecule is CC(C)(C)c1cc(-c2ccccc2)c(N2c3cc4c(cc3B3c5cc6c(cc5Oc5cc(-c7ccc8c(c7)C7(c9ccccc9-c9ccccc97)c7ccccc7N8c7ccccc7)cc2c53)Oc2ccccc2C6(C)C)C(C)(C)c2ccccc2O4)c(-c2ccccc2)c1. The van der Waals surface area contributed by atoms with Gasteiger partial charge < -0.3 is 24.0 Å². The highest BCUT2D eigenvalue weighted by Crippen LogP contribution is 2.65. The lowest BCUT2D eigenvalue weighted by Crippen LogP contribution is -2.60. The maximum absolute atomic E-state index is 7.78. The van der Waals surface area contributed by atoms with Crippen molar-refractivity contribution in [3.8, 4) is 79.0 Å². The zero-order valence-corrected chi connectivity index (χ0v) is 54.3. The van der Waals surface area contributed by atoms with E-state index in [9.17, 15) is 0 Å². The first-order valence-electron chi connectivity index (χ1n) is 33.4. The van der Waals surface area contributed by atoms with Gasteiger partial charge in [0.15, 0.2) is 0 Å². The van der Waals surface area contributed by atoms with E-state index >= 15 is 0 Å². The van der Waals surface area contributed by atoms with Gasteiger partial charge in [-0.05, 0) is 150 Å². The summed E-state index contributed by atoms with van der Waals surface area (Å²) in [6.07, 6.45) is 0. The molecule has 1 aliphatic carbocycles. The van der Waals surface area contributed by atoms with E-state index < -0.39 is 16.2 Å². The van der Waals surface area contributed by atoms with Crippen molar-refractivity contribution in [3.05, 3.63) is 329 Å². The summed E-state index contributed by atoms with van der Waals surface area (Å²) in [5.41, 5.74) is 28.2. The highest BCUT2D eigenvalue weighted by molar-refractivity contribution is 6.99. The fourth-order valence-electron chi connectivity index (χ4n) is 17.2. The molecule has 5 aliphatic heterocycles. The molecule has 0 atom stereocenters. The smallest absolute Gasteiger partial charge is 0.256 e. The summed E-state index contributed by atoms with van der Waals surface area (Å²) in [6.45, 7) is 16.1. The van der Waals surface area contributed by atoms with Crippen molar-refractivity contribution in [2.75, 3.05) is 9.80 Å². The van der Waals surface area contributed by atoms with Crippen molar-refractivity contribution in [2.45, 2.75) is 70.1 Å². The first kappa shape index (κ1) is 55.6. The van der Waals surface area contributed by atoms with Gasteiger partial charge in [-0.1, -0.05) is 249 Å². The molecule has 0 fully saturated rings. The van der Waals surface area contributed by atoms with Gasteiger partial charge >= 0.3 is 0 Å². The topological polar surface area (TPSA) is 34.2 Å². The molecule has 0 N–H and O–H groups in total. The van der Waals surface area contributed by atoms with E-state index in [0.717, 1.165) is 135 Å². The minimum atomic E-state index is -0.671. The van der Waals surface area contributed by atoms with Gasteiger partial charge in [0.2, 0.25) is 0 Å². The normalized spacial score (nSPS) is 15.3. The van der Waals surface area contributed by atoms with Crippen molar-refractivity contribution in [3.63, 3.8) is 0 Å². The van der Waals surface area contributed by atoms with Crippen LogP contribution in [0, 0.1) is 0 Å². The van der Waals surface area contributed by atoms with Gasteiger partial charge in [-0.2, -0.15) is 0 Å². The van der Waals surface area contributed by atoms with Crippen molar-refractivity contribution in [1.82, 2.24) is 0 Å². The molecule has 0 saturated carbocycles. The molecule has 19 rings (SSSR count). The third-order valence-corrected chi connectivity index (χ3v) is 21.7. The number of anilines is 6. The summed E-state index contributed by atoms with van der Waals surface area (Å²) in [5, 5.41) is 0. The standard InChI is InChI=1S/C89H67BN2O3/c1-86(2,3)58-48-62(54-27-11-8-12-28-54)85(63(49-58)55-29-13-9-14-30-55)92-76-52-80-70(87(4,5)67-38-22-25-41-78(67)93-80)50-72(76)90-73-51-71-81(94-79-42-26-23-39-68(79)88(71,6)7)53-82(73)95-83-47-57(46-77(92)84(83)90)56-43-44-75-69(45-56)89(64-35-19-17-33-60(64)61-34-18-20-36-65(61)89)66-37-21-24-40-74(66)91(75)59-31-15-10-16-32-59/h8-53H,1-7H3. The molecule has 0 unspecified atom stereocenters. The Kier molecular flexibility index (Phi) is 11.7. The molecule has 13 aromatic rings. The Morgan fingerprint density at radius 1 is 0.305 bits per heavy atom. The van der Waals surface area contributed by atoms with Gasteiger partial charge in [0.25, 0.3) is 6.71 Å². The van der Waals surface area contributed by atoms with Crippen LogP contribution in [0.15, 0.2) is 279 Å². The zero-order chi connectivity index (χ0) is 63.9. The third kappa shape index (κ3) is 7.86. The largest absolute Gasteiger partial charge is 0.458 e. The highest BCUT2D eigenvalue weighted by Gasteiger charge is 2.53. The van der Waals surface area contributed by atoms with E-state index in [4.69, 9.17) is 14.2 Å². The predicted octanol–water partition coefficient (Wildman–Crippen LogP) is 21.4. The summed E-state index contributed by atoms with van der Waals surface area (Å²) < 4.78 is 22.1. The van der Waals surface area contributed by atoms with E-state index in [1.54, 1.807) is 0 Å². The van der Waals surface area contributed by atoms with Crippen LogP contribution in [-0.2, 0) is 21.7 Å². The number of nitrogens with zero attached hydrogens (tertiary/aromatic N) is 2. The Balaban J connectivity index is 0.943. The molecule has 0 amide bonds. The Bertz CT molecular complexity index is 5310. The highest BCUT2D eigenvalue weighted by atomic mass is 16.5. The summed E-state index contributed by atoms with van der Waals surface area (Å²) in [4.78, 5) is 5.08. The lowest BCUT2D eigenvalue weighted by atomic mass is 9.33. The number of fused-ring (bicyclic) bond motifs is 17. The van der Waals surface area contributed by atoms with Crippen LogP contribution in [0.3, 0.4) is 0 Å². The lowest BCUT2D eigenvalue weighted by molar-refractivity contribution is 0.412. The van der Waals surface area contributed by atoms with Crippen LogP contribution in [-0.4, -0.2) is 6.71 Å². The van der Waals surface area contributed by atoms with Gasteiger partial charge in [0.05, 0.1) is 22.5 Å². The second-order valence-corrected chi connectivity index (χ2v) is 28.7. The Morgan fingerprint density at radius 3 is 1.40 bits per heavy atom. The van der Waals surface area contributed by atoms with Crippen molar-refractivity contribution < 1.29 is 14.2 Å². The number of rotatable bonds is 5. The van der Waals surface area contributed by atoms with E-state index in [-0.39, 0.29) is 12.1 Å². The molecule has 6 heteroatoms. The zero-order valence-electron chi connectivity index (χ0n) is 54.3. The van der Waals surface area contributed by atoms with Gasteiger partial charge in [-0.25, -0.2) is 0 Å². The molecule has 0 saturated heterocycles.